The number of nitrogens with zero attached hydrogens (tertiary/aromatic N) is 1. The number of nitrogens with one attached hydrogen (secondary N) is 1. The SMILES string of the molecule is CC/C=C\C/C=C\C/C=C\C/C=C\C/C=C\CCCCCC(=O)NC(COP(=O)(O)OCC[N+](C)(C)C)C(/C=C\CCCCCCCCCCC)OC(=O)CC/C=C/C/C=C\CCCCCCCC. The van der Waals surface area contributed by atoms with Crippen molar-refractivity contribution in [2.75, 3.05) is 40.9 Å². The third-order valence-electron chi connectivity index (χ3n) is 11.5. The molecule has 1 amide bonds. The van der Waals surface area contributed by atoms with Crippen molar-refractivity contribution >= 4 is 19.7 Å². The van der Waals surface area contributed by atoms with Gasteiger partial charge in [0, 0.05) is 12.8 Å². The Kier molecular flexibility index (Phi) is 46.4. The van der Waals surface area contributed by atoms with Gasteiger partial charge in [-0.15, -0.1) is 0 Å². The fourth-order valence-electron chi connectivity index (χ4n) is 7.25. The van der Waals surface area contributed by atoms with E-state index in [1.807, 2.05) is 39.4 Å². The molecular formula is C59H104N2O7P+. The number of unbranched alkanes of at least 4 members (excludes halogenated alkanes) is 18. The van der Waals surface area contributed by atoms with Crippen LogP contribution in [0.25, 0.3) is 0 Å². The molecule has 0 fully saturated rings. The van der Waals surface area contributed by atoms with Gasteiger partial charge >= 0.3 is 13.8 Å². The Morgan fingerprint density at radius 2 is 0.942 bits per heavy atom. The summed E-state index contributed by atoms with van der Waals surface area (Å²) in [6.07, 6.45) is 64.2. The van der Waals surface area contributed by atoms with E-state index in [2.05, 4.69) is 105 Å². The fourth-order valence-corrected chi connectivity index (χ4v) is 7.99. The zero-order chi connectivity index (χ0) is 50.8. The van der Waals surface area contributed by atoms with Crippen LogP contribution >= 0.6 is 7.82 Å². The van der Waals surface area contributed by atoms with Crippen LogP contribution in [0.15, 0.2) is 97.2 Å². The third-order valence-corrected chi connectivity index (χ3v) is 12.5. The molecule has 0 aliphatic carbocycles. The highest BCUT2D eigenvalue weighted by molar-refractivity contribution is 7.47. The summed E-state index contributed by atoms with van der Waals surface area (Å²) in [5.74, 6) is -0.630. The van der Waals surface area contributed by atoms with E-state index < -0.39 is 25.9 Å². The van der Waals surface area contributed by atoms with E-state index in [0.29, 0.717) is 23.9 Å². The Bertz CT molecular complexity index is 1510. The van der Waals surface area contributed by atoms with Crippen LogP contribution in [-0.2, 0) is 27.9 Å². The van der Waals surface area contributed by atoms with Gasteiger partial charge < -0.3 is 19.4 Å². The molecule has 0 spiro atoms. The van der Waals surface area contributed by atoms with Crippen molar-refractivity contribution in [3.8, 4) is 0 Å². The second-order valence-electron chi connectivity index (χ2n) is 19.4. The van der Waals surface area contributed by atoms with E-state index in [-0.39, 0.29) is 32.0 Å². The number of quaternary nitrogens is 1. The first-order chi connectivity index (χ1) is 33.4. The third kappa shape index (κ3) is 49.7. The Hall–Kier alpha value is -3.07. The Labute approximate surface area is 424 Å². The number of amides is 1. The lowest BCUT2D eigenvalue weighted by atomic mass is 10.1. The molecule has 0 rings (SSSR count). The molecule has 69 heavy (non-hydrogen) atoms. The molecule has 10 heteroatoms. The van der Waals surface area contributed by atoms with E-state index in [0.717, 1.165) is 83.5 Å². The molecule has 0 saturated heterocycles. The van der Waals surface area contributed by atoms with Crippen LogP contribution in [0.5, 0.6) is 0 Å². The van der Waals surface area contributed by atoms with Gasteiger partial charge in [0.1, 0.15) is 19.3 Å². The quantitative estimate of drug-likeness (QED) is 0.0205. The zero-order valence-corrected chi connectivity index (χ0v) is 45.9. The lowest BCUT2D eigenvalue weighted by Gasteiger charge is -2.27. The lowest BCUT2D eigenvalue weighted by molar-refractivity contribution is -0.870. The molecular weight excluding hydrogens is 880 g/mol. The molecule has 0 saturated carbocycles. The Morgan fingerprint density at radius 1 is 0.522 bits per heavy atom. The van der Waals surface area contributed by atoms with E-state index in [1.165, 1.54) is 83.5 Å². The molecule has 0 heterocycles. The van der Waals surface area contributed by atoms with Crippen molar-refractivity contribution in [1.29, 1.82) is 0 Å². The van der Waals surface area contributed by atoms with E-state index in [9.17, 15) is 19.0 Å². The van der Waals surface area contributed by atoms with Gasteiger partial charge in [-0.25, -0.2) is 4.57 Å². The minimum atomic E-state index is -4.47. The van der Waals surface area contributed by atoms with E-state index in [4.69, 9.17) is 13.8 Å². The molecule has 0 radical (unpaired) electrons. The summed E-state index contributed by atoms with van der Waals surface area (Å²) in [7, 11) is 1.43. The average Bonchev–Trinajstić information content (AvgIpc) is 3.31. The number of allylic oxidation sites excluding steroid dienone is 15. The summed E-state index contributed by atoms with van der Waals surface area (Å²) in [6, 6.07) is -0.892. The molecule has 0 aromatic heterocycles. The van der Waals surface area contributed by atoms with Gasteiger partial charge in [0.2, 0.25) is 5.91 Å². The Morgan fingerprint density at radius 3 is 1.42 bits per heavy atom. The van der Waals surface area contributed by atoms with Crippen LogP contribution < -0.4 is 5.32 Å². The van der Waals surface area contributed by atoms with E-state index >= 15 is 0 Å². The largest absolute Gasteiger partial charge is 0.472 e. The molecule has 0 aromatic carbocycles. The van der Waals surface area contributed by atoms with Crippen LogP contribution in [0.4, 0.5) is 0 Å². The van der Waals surface area contributed by atoms with Crippen LogP contribution in [-0.4, -0.2) is 74.3 Å². The van der Waals surface area contributed by atoms with Crippen molar-refractivity contribution in [1.82, 2.24) is 5.32 Å². The summed E-state index contributed by atoms with van der Waals surface area (Å²) in [4.78, 5) is 37.4. The number of phosphoric acid groups is 1. The molecule has 2 N–H and O–H groups in total. The first kappa shape index (κ1) is 65.9. The monoisotopic (exact) mass is 984 g/mol. The normalized spacial score (nSPS) is 14.6. The van der Waals surface area contributed by atoms with Gasteiger partial charge in [-0.2, -0.15) is 0 Å². The highest BCUT2D eigenvalue weighted by Gasteiger charge is 2.30. The van der Waals surface area contributed by atoms with Crippen molar-refractivity contribution in [2.24, 2.45) is 0 Å². The van der Waals surface area contributed by atoms with Gasteiger partial charge in [-0.05, 0) is 96.0 Å². The van der Waals surface area contributed by atoms with Gasteiger partial charge in [-0.3, -0.25) is 18.6 Å². The lowest BCUT2D eigenvalue weighted by Crippen LogP contribution is -2.47. The van der Waals surface area contributed by atoms with Crippen molar-refractivity contribution < 1.29 is 37.3 Å². The van der Waals surface area contributed by atoms with Crippen molar-refractivity contribution in [3.05, 3.63) is 97.2 Å². The maximum absolute atomic E-state index is 13.5. The van der Waals surface area contributed by atoms with Crippen LogP contribution in [0.2, 0.25) is 0 Å². The van der Waals surface area contributed by atoms with Gasteiger partial charge in [0.15, 0.2) is 0 Å². The maximum atomic E-state index is 13.5. The van der Waals surface area contributed by atoms with E-state index in [1.54, 1.807) is 0 Å². The minimum Gasteiger partial charge on any atom is -0.456 e. The molecule has 396 valence electrons. The van der Waals surface area contributed by atoms with Gasteiger partial charge in [-0.1, -0.05) is 202 Å². The highest BCUT2D eigenvalue weighted by Crippen LogP contribution is 2.43. The minimum absolute atomic E-state index is 0.0212. The predicted molar refractivity (Wildman–Crippen MR) is 295 cm³/mol. The maximum Gasteiger partial charge on any atom is 0.472 e. The molecule has 3 atom stereocenters. The molecule has 0 aliphatic rings. The second-order valence-corrected chi connectivity index (χ2v) is 20.8. The summed E-state index contributed by atoms with van der Waals surface area (Å²) in [6.45, 7) is 6.79. The van der Waals surface area contributed by atoms with Crippen LogP contribution in [0.1, 0.15) is 213 Å². The topological polar surface area (TPSA) is 111 Å². The number of hydrogen-bond acceptors (Lipinski definition) is 6. The van der Waals surface area contributed by atoms with Crippen molar-refractivity contribution in [3.63, 3.8) is 0 Å². The number of likely N-dealkylation sites (N-methyl/N-ethyl adjacent to an activating group) is 1. The van der Waals surface area contributed by atoms with Crippen LogP contribution in [0, 0.1) is 0 Å². The van der Waals surface area contributed by atoms with Gasteiger partial charge in [0.05, 0.1) is 33.8 Å². The summed E-state index contributed by atoms with van der Waals surface area (Å²) in [5, 5.41) is 3.00. The Balaban J connectivity index is 5.47. The summed E-state index contributed by atoms with van der Waals surface area (Å²) >= 11 is 0. The first-order valence-electron chi connectivity index (χ1n) is 27.6. The number of esters is 1. The molecule has 9 nitrogen and oxygen atoms in total. The zero-order valence-electron chi connectivity index (χ0n) is 45.0. The number of rotatable bonds is 48. The second kappa shape index (κ2) is 48.6. The standard InChI is InChI=1S/C59H103N2O7P/c1-7-10-13-16-19-22-25-27-28-29-30-31-32-34-36-39-42-45-48-51-58(62)60-56(55-67-69(64,65)66-54-53-61(4,5)6)57(50-47-44-41-38-35-24-21-18-15-12-9-3)68-59(63)52-49-46-43-40-37-33-26-23-20-17-14-11-8-2/h10,13,19,22,27-28,30-31,33-34,36-37,43,46-47,50,56-57H,7-9,11-12,14-18,20-21,23-26,29,32,35,38-42,44-45,48-49,51-55H2,1-6H3,(H-,60,62,64,65)/p+1/b13-10-,22-19-,28-27-,31-30-,36-34-,37-33-,46-43+,50-47-. The number of hydrogen-bond donors (Lipinski definition) is 2. The summed E-state index contributed by atoms with van der Waals surface area (Å²) < 4.78 is 30.4. The van der Waals surface area contributed by atoms with Crippen molar-refractivity contribution in [2.45, 2.75) is 226 Å². The van der Waals surface area contributed by atoms with Gasteiger partial charge in [0.25, 0.3) is 0 Å². The fraction of sp³-hybridized carbons (Fsp3) is 0.695. The van der Waals surface area contributed by atoms with Crippen LogP contribution in [0.3, 0.4) is 0 Å². The number of carbonyl (C=O) groups excluding carboxylic acids is 2. The predicted octanol–water partition coefficient (Wildman–Crippen LogP) is 16.4. The molecule has 0 bridgehead atoms. The average molecular weight is 984 g/mol. The highest BCUT2D eigenvalue weighted by atomic mass is 31.2. The molecule has 0 aliphatic heterocycles. The molecule has 0 aromatic rings. The smallest absolute Gasteiger partial charge is 0.456 e. The first-order valence-corrected chi connectivity index (χ1v) is 29.1. The molecule has 3 unspecified atom stereocenters. The summed E-state index contributed by atoms with van der Waals surface area (Å²) in [5.41, 5.74) is 0. The number of ether oxygens (including phenoxy) is 1. The number of phosphoric ester groups is 1. The number of carbonyl (C=O) groups is 2.